The van der Waals surface area contributed by atoms with Crippen LogP contribution in [0.5, 0.6) is 0 Å². The zero-order valence-corrected chi connectivity index (χ0v) is 20.3. The molecule has 0 radical (unpaired) electrons. The number of hydrogen-bond acceptors (Lipinski definition) is 4. The summed E-state index contributed by atoms with van der Waals surface area (Å²) in [6, 6.07) is 11.3. The second-order valence-corrected chi connectivity index (χ2v) is 11.1. The first-order valence-electron chi connectivity index (χ1n) is 11.9. The first kappa shape index (κ1) is 26.2. The summed E-state index contributed by atoms with van der Waals surface area (Å²) in [6.45, 7) is 0.0644. The van der Waals surface area contributed by atoms with Crippen molar-refractivity contribution in [3.05, 3.63) is 65.7 Å². The van der Waals surface area contributed by atoms with Crippen molar-refractivity contribution in [2.24, 2.45) is 0 Å². The van der Waals surface area contributed by atoms with Crippen molar-refractivity contribution < 1.29 is 31.2 Å². The number of benzene rings is 2. The maximum atomic E-state index is 13.1. The van der Waals surface area contributed by atoms with Crippen molar-refractivity contribution in [1.29, 1.82) is 0 Å². The number of carbonyl (C=O) groups excluding carboxylic acids is 2. The SMILES string of the molecule is O=C(NC1CCC(NC(=O)[C@@H]2CCCN2S(=O)(=O)c2cccc(C(F)(F)F)c2)CC1)c1ccccc1. The molecule has 2 amide bonds. The monoisotopic (exact) mass is 523 g/mol. The minimum Gasteiger partial charge on any atom is -0.352 e. The normalized spacial score (nSPS) is 23.2. The lowest BCUT2D eigenvalue weighted by atomic mass is 9.90. The number of rotatable bonds is 6. The van der Waals surface area contributed by atoms with Crippen molar-refractivity contribution in [2.75, 3.05) is 6.54 Å². The molecule has 7 nitrogen and oxygen atoms in total. The summed E-state index contributed by atoms with van der Waals surface area (Å²) in [6.07, 6.45) is -1.36. The van der Waals surface area contributed by atoms with Gasteiger partial charge in [-0.2, -0.15) is 17.5 Å². The fraction of sp³-hybridized carbons (Fsp3) is 0.440. The minimum absolute atomic E-state index is 0.0184. The second kappa shape index (κ2) is 10.6. The third kappa shape index (κ3) is 5.89. The molecule has 0 bridgehead atoms. The predicted octanol–water partition coefficient (Wildman–Crippen LogP) is 3.72. The van der Waals surface area contributed by atoms with Gasteiger partial charge < -0.3 is 10.6 Å². The standard InChI is InChI=1S/C25H28F3N3O4S/c26-25(27,28)18-8-4-9-21(16-18)36(34,35)31-15-5-10-22(31)24(33)30-20-13-11-19(12-14-20)29-23(32)17-6-2-1-3-7-17/h1-4,6-9,16,19-20,22H,5,10-15H2,(H,29,32)(H,30,33)/t19?,20?,22-/m0/s1. The Labute approximate surface area is 208 Å². The summed E-state index contributed by atoms with van der Waals surface area (Å²) in [5.41, 5.74) is -0.476. The highest BCUT2D eigenvalue weighted by molar-refractivity contribution is 7.89. The van der Waals surface area contributed by atoms with Crippen molar-refractivity contribution in [1.82, 2.24) is 14.9 Å². The van der Waals surface area contributed by atoms with E-state index in [1.165, 1.54) is 0 Å². The molecule has 0 aromatic heterocycles. The van der Waals surface area contributed by atoms with E-state index < -0.39 is 38.6 Å². The van der Waals surface area contributed by atoms with Crippen LogP contribution in [0.15, 0.2) is 59.5 Å². The van der Waals surface area contributed by atoms with Gasteiger partial charge in [0.1, 0.15) is 6.04 Å². The Morgan fingerprint density at radius 3 is 2.14 bits per heavy atom. The average molecular weight is 524 g/mol. The largest absolute Gasteiger partial charge is 0.416 e. The highest BCUT2D eigenvalue weighted by atomic mass is 32.2. The summed E-state index contributed by atoms with van der Waals surface area (Å²) >= 11 is 0. The third-order valence-corrected chi connectivity index (χ3v) is 8.62. The molecule has 4 rings (SSSR count). The van der Waals surface area contributed by atoms with E-state index in [2.05, 4.69) is 10.6 Å². The van der Waals surface area contributed by atoms with Crippen LogP contribution < -0.4 is 10.6 Å². The Morgan fingerprint density at radius 1 is 0.861 bits per heavy atom. The molecule has 2 fully saturated rings. The van der Waals surface area contributed by atoms with Gasteiger partial charge in [0, 0.05) is 24.2 Å². The van der Waals surface area contributed by atoms with Gasteiger partial charge in [0.05, 0.1) is 10.5 Å². The van der Waals surface area contributed by atoms with Crippen LogP contribution in [0.3, 0.4) is 0 Å². The van der Waals surface area contributed by atoms with Crippen LogP contribution in [0.2, 0.25) is 0 Å². The maximum absolute atomic E-state index is 13.1. The Morgan fingerprint density at radius 2 is 1.50 bits per heavy atom. The van der Waals surface area contributed by atoms with Crippen LogP contribution in [-0.4, -0.2) is 49.2 Å². The molecule has 11 heteroatoms. The minimum atomic E-state index is -4.67. The van der Waals surface area contributed by atoms with Crippen molar-refractivity contribution in [3.63, 3.8) is 0 Å². The predicted molar refractivity (Wildman–Crippen MR) is 126 cm³/mol. The number of hydrogen-bond donors (Lipinski definition) is 2. The van der Waals surface area contributed by atoms with E-state index in [4.69, 9.17) is 0 Å². The Bertz CT molecular complexity index is 1200. The van der Waals surface area contributed by atoms with E-state index in [1.807, 2.05) is 6.07 Å². The van der Waals surface area contributed by atoms with Crippen LogP contribution in [0.25, 0.3) is 0 Å². The number of alkyl halides is 3. The quantitative estimate of drug-likeness (QED) is 0.604. The summed E-state index contributed by atoms with van der Waals surface area (Å²) in [5.74, 6) is -0.593. The lowest BCUT2D eigenvalue weighted by Gasteiger charge is -2.31. The third-order valence-electron chi connectivity index (χ3n) is 6.72. The van der Waals surface area contributed by atoms with Gasteiger partial charge in [-0.3, -0.25) is 9.59 Å². The number of nitrogens with one attached hydrogen (secondary N) is 2. The van der Waals surface area contributed by atoms with Gasteiger partial charge >= 0.3 is 6.18 Å². The molecule has 0 unspecified atom stereocenters. The zero-order chi connectivity index (χ0) is 25.9. The number of halogens is 3. The fourth-order valence-corrected chi connectivity index (χ4v) is 6.50. The van der Waals surface area contributed by atoms with E-state index in [1.54, 1.807) is 24.3 Å². The van der Waals surface area contributed by atoms with Crippen LogP contribution in [0.1, 0.15) is 54.4 Å². The molecule has 2 aromatic rings. The van der Waals surface area contributed by atoms with Crippen molar-refractivity contribution >= 4 is 21.8 Å². The molecule has 36 heavy (non-hydrogen) atoms. The summed E-state index contributed by atoms with van der Waals surface area (Å²) in [7, 11) is -4.28. The van der Waals surface area contributed by atoms with Crippen LogP contribution >= 0.6 is 0 Å². The molecular formula is C25H28F3N3O4S. The van der Waals surface area contributed by atoms with E-state index >= 15 is 0 Å². The summed E-state index contributed by atoms with van der Waals surface area (Å²) < 4.78 is 66.5. The molecule has 1 saturated carbocycles. The number of nitrogens with zero attached hydrogens (tertiary/aromatic N) is 1. The fourth-order valence-electron chi connectivity index (χ4n) is 4.80. The zero-order valence-electron chi connectivity index (χ0n) is 19.5. The first-order chi connectivity index (χ1) is 17.1. The van der Waals surface area contributed by atoms with Gasteiger partial charge in [-0.1, -0.05) is 24.3 Å². The molecular weight excluding hydrogens is 495 g/mol. The second-order valence-electron chi connectivity index (χ2n) is 9.20. The Hall–Kier alpha value is -2.92. The van der Waals surface area contributed by atoms with E-state index in [0.717, 1.165) is 22.5 Å². The summed E-state index contributed by atoms with van der Waals surface area (Å²) in [4.78, 5) is 24.9. The maximum Gasteiger partial charge on any atom is 0.416 e. The van der Waals surface area contributed by atoms with Crippen LogP contribution in [0, 0.1) is 0 Å². The molecule has 0 spiro atoms. The van der Waals surface area contributed by atoms with Crippen molar-refractivity contribution in [3.8, 4) is 0 Å². The van der Waals surface area contributed by atoms with Crippen LogP contribution in [-0.2, 0) is 21.0 Å². The Balaban J connectivity index is 1.35. The van der Waals surface area contributed by atoms with E-state index in [-0.39, 0.29) is 24.5 Å². The molecule has 2 aromatic carbocycles. The van der Waals surface area contributed by atoms with Gasteiger partial charge in [-0.05, 0) is 68.9 Å². The highest BCUT2D eigenvalue weighted by Crippen LogP contribution is 2.33. The van der Waals surface area contributed by atoms with Gasteiger partial charge in [-0.25, -0.2) is 8.42 Å². The summed E-state index contributed by atoms with van der Waals surface area (Å²) in [5, 5.41) is 5.92. The lowest BCUT2D eigenvalue weighted by molar-refractivity contribution is -0.137. The van der Waals surface area contributed by atoms with Gasteiger partial charge in [0.2, 0.25) is 15.9 Å². The number of amides is 2. The van der Waals surface area contributed by atoms with E-state index in [9.17, 15) is 31.2 Å². The molecule has 1 aliphatic heterocycles. The number of sulfonamides is 1. The molecule has 2 N–H and O–H groups in total. The molecule has 1 heterocycles. The molecule has 1 saturated heterocycles. The number of carbonyl (C=O) groups is 2. The lowest BCUT2D eigenvalue weighted by Crippen LogP contribution is -2.50. The average Bonchev–Trinajstić information content (AvgIpc) is 3.37. The van der Waals surface area contributed by atoms with Gasteiger partial charge in [-0.15, -0.1) is 0 Å². The first-order valence-corrected chi connectivity index (χ1v) is 13.3. The molecule has 1 atom stereocenters. The molecule has 2 aliphatic rings. The van der Waals surface area contributed by atoms with E-state index in [0.29, 0.717) is 50.2 Å². The molecule has 194 valence electrons. The highest BCUT2D eigenvalue weighted by Gasteiger charge is 2.41. The topological polar surface area (TPSA) is 95.6 Å². The Kier molecular flexibility index (Phi) is 7.70. The van der Waals surface area contributed by atoms with Crippen LogP contribution in [0.4, 0.5) is 13.2 Å². The smallest absolute Gasteiger partial charge is 0.352 e. The molecule has 1 aliphatic carbocycles. The van der Waals surface area contributed by atoms with Gasteiger partial charge in [0.15, 0.2) is 0 Å². The van der Waals surface area contributed by atoms with Gasteiger partial charge in [0.25, 0.3) is 5.91 Å². The van der Waals surface area contributed by atoms with Crippen molar-refractivity contribution in [2.45, 2.75) is 67.7 Å².